The summed E-state index contributed by atoms with van der Waals surface area (Å²) in [5.74, 6) is 0. The molecule has 1 heterocycles. The zero-order valence-corrected chi connectivity index (χ0v) is 9.66. The van der Waals surface area contributed by atoms with E-state index >= 15 is 0 Å². The van der Waals surface area contributed by atoms with E-state index in [0.717, 1.165) is 16.3 Å². The molecule has 0 saturated heterocycles. The standard InChI is InChI=1S/C10H13NO.C2H6/c1-4-6-7-9-8(3)11-12-10(9)5-2;1-2/h4-7H,1-3H3;1-2H3/b6-4-,9-7-,10-5+;. The summed E-state index contributed by atoms with van der Waals surface area (Å²) < 4.78 is 5.07. The van der Waals surface area contributed by atoms with E-state index in [-0.39, 0.29) is 0 Å². The zero-order chi connectivity index (χ0) is 11.0. The van der Waals surface area contributed by atoms with Gasteiger partial charge in [0.1, 0.15) is 0 Å². The second kappa shape index (κ2) is 7.13. The van der Waals surface area contributed by atoms with Gasteiger partial charge in [-0.1, -0.05) is 31.2 Å². The lowest BCUT2D eigenvalue weighted by atomic mass is 10.3. The maximum absolute atomic E-state index is 5.07. The van der Waals surface area contributed by atoms with E-state index in [2.05, 4.69) is 5.16 Å². The van der Waals surface area contributed by atoms with Gasteiger partial charge in [0.15, 0.2) is 5.42 Å². The fourth-order valence-electron chi connectivity index (χ4n) is 0.998. The Morgan fingerprint density at radius 1 is 1.21 bits per heavy atom. The molecule has 0 aliphatic heterocycles. The third kappa shape index (κ3) is 3.21. The molecule has 0 N–H and O–H groups in total. The minimum absolute atomic E-state index is 0.839. The van der Waals surface area contributed by atoms with Crippen molar-refractivity contribution in [1.29, 1.82) is 0 Å². The Hall–Kier alpha value is -1.31. The molecule has 14 heavy (non-hydrogen) atoms. The van der Waals surface area contributed by atoms with Crippen molar-refractivity contribution in [3.63, 3.8) is 0 Å². The van der Waals surface area contributed by atoms with Crippen molar-refractivity contribution < 1.29 is 4.52 Å². The van der Waals surface area contributed by atoms with E-state index in [9.17, 15) is 0 Å². The number of aromatic nitrogens is 1. The lowest BCUT2D eigenvalue weighted by Crippen LogP contribution is -2.20. The molecule has 0 atom stereocenters. The fraction of sp³-hybridized carbons (Fsp3) is 0.417. The molecule has 1 aromatic heterocycles. The molecule has 0 fully saturated rings. The fourth-order valence-corrected chi connectivity index (χ4v) is 0.998. The smallest absolute Gasteiger partial charge is 0.162 e. The third-order valence-electron chi connectivity index (χ3n) is 1.65. The molecular weight excluding hydrogens is 174 g/mol. The third-order valence-corrected chi connectivity index (χ3v) is 1.65. The van der Waals surface area contributed by atoms with E-state index < -0.39 is 0 Å². The molecule has 0 spiro atoms. The maximum Gasteiger partial charge on any atom is 0.162 e. The first kappa shape index (κ1) is 12.7. The zero-order valence-electron chi connectivity index (χ0n) is 9.66. The highest BCUT2D eigenvalue weighted by molar-refractivity contribution is 5.38. The summed E-state index contributed by atoms with van der Waals surface area (Å²) in [7, 11) is 0. The molecule has 1 aromatic rings. The van der Waals surface area contributed by atoms with E-state index in [1.165, 1.54) is 0 Å². The van der Waals surface area contributed by atoms with Crippen molar-refractivity contribution >= 4 is 12.2 Å². The quantitative estimate of drug-likeness (QED) is 0.683. The molecule has 0 aliphatic rings. The van der Waals surface area contributed by atoms with Crippen LogP contribution in [0.15, 0.2) is 16.7 Å². The normalized spacial score (nSPS) is 13.2. The molecular formula is C12H19NO. The molecule has 2 heteroatoms. The van der Waals surface area contributed by atoms with Crippen LogP contribution in [-0.4, -0.2) is 5.16 Å². The van der Waals surface area contributed by atoms with Gasteiger partial charge >= 0.3 is 0 Å². The van der Waals surface area contributed by atoms with Crippen LogP contribution >= 0.6 is 0 Å². The van der Waals surface area contributed by atoms with E-state index in [4.69, 9.17) is 4.52 Å². The largest absolute Gasteiger partial charge is 0.356 e. The molecule has 0 aromatic carbocycles. The Balaban J connectivity index is 0.000000791. The summed E-state index contributed by atoms with van der Waals surface area (Å²) in [6, 6.07) is 0. The number of hydrogen-bond donors (Lipinski definition) is 0. The summed E-state index contributed by atoms with van der Waals surface area (Å²) in [5, 5.41) is 4.93. The van der Waals surface area contributed by atoms with Gasteiger partial charge in [-0.15, -0.1) is 0 Å². The van der Waals surface area contributed by atoms with E-state index in [0.29, 0.717) is 0 Å². The number of allylic oxidation sites excluding steroid dienone is 2. The molecule has 78 valence electrons. The second-order valence-corrected chi connectivity index (χ2v) is 2.53. The van der Waals surface area contributed by atoms with Crippen molar-refractivity contribution in [2.45, 2.75) is 34.6 Å². The Morgan fingerprint density at radius 2 is 1.86 bits per heavy atom. The predicted molar refractivity (Wildman–Crippen MR) is 61.3 cm³/mol. The van der Waals surface area contributed by atoms with Crippen molar-refractivity contribution in [2.24, 2.45) is 0 Å². The Kier molecular flexibility index (Phi) is 6.46. The van der Waals surface area contributed by atoms with Crippen LogP contribution in [0.3, 0.4) is 0 Å². The molecule has 0 amide bonds. The van der Waals surface area contributed by atoms with Gasteiger partial charge in [-0.25, -0.2) is 0 Å². The Bertz CT molecular complexity index is 385. The van der Waals surface area contributed by atoms with E-state index in [1.54, 1.807) is 0 Å². The van der Waals surface area contributed by atoms with Gasteiger partial charge in [-0.3, -0.25) is 0 Å². The van der Waals surface area contributed by atoms with Gasteiger partial charge in [0.2, 0.25) is 0 Å². The maximum atomic E-state index is 5.07. The highest BCUT2D eigenvalue weighted by Gasteiger charge is 1.94. The van der Waals surface area contributed by atoms with Gasteiger partial charge < -0.3 is 4.52 Å². The number of nitrogens with zero attached hydrogens (tertiary/aromatic N) is 1. The summed E-state index contributed by atoms with van der Waals surface area (Å²) in [6.45, 7) is 9.85. The van der Waals surface area contributed by atoms with Crippen LogP contribution in [0.1, 0.15) is 33.4 Å². The van der Waals surface area contributed by atoms with Crippen LogP contribution in [0.25, 0.3) is 12.2 Å². The van der Waals surface area contributed by atoms with Gasteiger partial charge in [-0.05, 0) is 32.9 Å². The van der Waals surface area contributed by atoms with Gasteiger partial charge in [0.25, 0.3) is 0 Å². The summed E-state index contributed by atoms with van der Waals surface area (Å²) >= 11 is 0. The summed E-state index contributed by atoms with van der Waals surface area (Å²) in [4.78, 5) is 0. The van der Waals surface area contributed by atoms with Crippen LogP contribution in [0.4, 0.5) is 0 Å². The Morgan fingerprint density at radius 3 is 2.36 bits per heavy atom. The monoisotopic (exact) mass is 193 g/mol. The lowest BCUT2D eigenvalue weighted by molar-refractivity contribution is 0.389. The average molecular weight is 193 g/mol. The first-order valence-electron chi connectivity index (χ1n) is 5.01. The Labute approximate surface area is 85.6 Å². The summed E-state index contributed by atoms with van der Waals surface area (Å²) in [5.41, 5.74) is 1.77. The molecule has 0 bridgehead atoms. The summed E-state index contributed by atoms with van der Waals surface area (Å²) in [6.07, 6.45) is 7.87. The van der Waals surface area contributed by atoms with E-state index in [1.807, 2.05) is 58.9 Å². The van der Waals surface area contributed by atoms with Crippen LogP contribution in [0.5, 0.6) is 0 Å². The van der Waals surface area contributed by atoms with Gasteiger partial charge in [0.05, 0.1) is 5.69 Å². The molecule has 0 radical (unpaired) electrons. The van der Waals surface area contributed by atoms with Crippen molar-refractivity contribution in [1.82, 2.24) is 5.16 Å². The second-order valence-electron chi connectivity index (χ2n) is 2.53. The number of rotatable bonds is 1. The van der Waals surface area contributed by atoms with Crippen LogP contribution < -0.4 is 10.6 Å². The van der Waals surface area contributed by atoms with Crippen LogP contribution in [0.2, 0.25) is 0 Å². The number of aryl methyl sites for hydroxylation is 1. The van der Waals surface area contributed by atoms with Gasteiger partial charge in [0, 0.05) is 5.22 Å². The van der Waals surface area contributed by atoms with Crippen molar-refractivity contribution in [3.05, 3.63) is 28.5 Å². The van der Waals surface area contributed by atoms with Gasteiger partial charge in [-0.2, -0.15) is 0 Å². The minimum atomic E-state index is 0.839. The van der Waals surface area contributed by atoms with Crippen molar-refractivity contribution in [2.75, 3.05) is 0 Å². The average Bonchev–Trinajstić information content (AvgIpc) is 2.59. The van der Waals surface area contributed by atoms with Crippen molar-refractivity contribution in [3.8, 4) is 0 Å². The predicted octanol–water partition coefficient (Wildman–Crippen LogP) is 2.17. The molecule has 0 saturated carbocycles. The highest BCUT2D eigenvalue weighted by atomic mass is 16.5. The molecule has 0 unspecified atom stereocenters. The number of hydrogen-bond acceptors (Lipinski definition) is 2. The van der Waals surface area contributed by atoms with Crippen LogP contribution in [0, 0.1) is 6.92 Å². The highest BCUT2D eigenvalue weighted by Crippen LogP contribution is 1.78. The topological polar surface area (TPSA) is 26.0 Å². The van der Waals surface area contributed by atoms with Crippen LogP contribution in [-0.2, 0) is 0 Å². The lowest BCUT2D eigenvalue weighted by Gasteiger charge is -1.75. The first-order chi connectivity index (χ1) is 6.79. The SMILES string of the molecule is CC.C\C=C/C=c1/c(C)no/c1=C/C. The first-order valence-corrected chi connectivity index (χ1v) is 5.01. The molecule has 1 rings (SSSR count). The minimum Gasteiger partial charge on any atom is -0.356 e. The molecule has 2 nitrogen and oxygen atoms in total. The molecule has 0 aliphatic carbocycles.